The van der Waals surface area contributed by atoms with Gasteiger partial charge in [0.25, 0.3) is 0 Å². The molecule has 0 unspecified atom stereocenters. The largest absolute Gasteiger partial charge is 0.308 e. The zero-order valence-corrected chi connectivity index (χ0v) is 8.22. The molecular formula is C13H10N2. The Morgan fingerprint density at radius 2 is 1.87 bits per heavy atom. The van der Waals surface area contributed by atoms with Crippen LogP contribution in [0.5, 0.6) is 0 Å². The number of aromatic nitrogens is 1. The third-order valence-electron chi connectivity index (χ3n) is 2.28. The summed E-state index contributed by atoms with van der Waals surface area (Å²) in [4.78, 5) is 0. The van der Waals surface area contributed by atoms with Crippen LogP contribution in [0.2, 0.25) is 0 Å². The Balaban J connectivity index is 2.60. The molecule has 0 bridgehead atoms. The van der Waals surface area contributed by atoms with Gasteiger partial charge in [0, 0.05) is 6.20 Å². The van der Waals surface area contributed by atoms with Gasteiger partial charge in [-0.05, 0) is 17.7 Å². The molecule has 0 aliphatic carbocycles. The van der Waals surface area contributed by atoms with Crippen molar-refractivity contribution in [1.82, 2.24) is 4.57 Å². The van der Waals surface area contributed by atoms with Gasteiger partial charge >= 0.3 is 0 Å². The quantitative estimate of drug-likeness (QED) is 0.722. The van der Waals surface area contributed by atoms with Crippen molar-refractivity contribution < 1.29 is 0 Å². The highest BCUT2D eigenvalue weighted by Gasteiger charge is 2.06. The minimum absolute atomic E-state index is 0.601. The molecule has 0 radical (unpaired) electrons. The minimum atomic E-state index is 0.601. The van der Waals surface area contributed by atoms with E-state index < -0.39 is 0 Å². The highest BCUT2D eigenvalue weighted by molar-refractivity contribution is 5.64. The standard InChI is InChI=1S/C13H10N2/c1-2-15-12(10-14)8-9-13(15)11-6-4-3-5-7-11/h2-9H,1H2. The fraction of sp³-hybridized carbons (Fsp3) is 0. The summed E-state index contributed by atoms with van der Waals surface area (Å²) in [6, 6.07) is 15.8. The predicted octanol–water partition coefficient (Wildman–Crippen LogP) is 3.13. The first-order valence-corrected chi connectivity index (χ1v) is 4.66. The lowest BCUT2D eigenvalue weighted by atomic mass is 10.1. The van der Waals surface area contributed by atoms with E-state index in [4.69, 9.17) is 5.26 Å². The van der Waals surface area contributed by atoms with Crippen molar-refractivity contribution >= 4 is 6.20 Å². The second kappa shape index (κ2) is 3.85. The maximum atomic E-state index is 8.89. The molecule has 2 nitrogen and oxygen atoms in total. The second-order valence-corrected chi connectivity index (χ2v) is 3.13. The van der Waals surface area contributed by atoms with Crippen molar-refractivity contribution in [3.05, 3.63) is 54.7 Å². The van der Waals surface area contributed by atoms with E-state index in [0.717, 1.165) is 11.3 Å². The van der Waals surface area contributed by atoms with Gasteiger partial charge in [0.1, 0.15) is 11.8 Å². The van der Waals surface area contributed by atoms with Crippen LogP contribution in [-0.2, 0) is 0 Å². The van der Waals surface area contributed by atoms with Gasteiger partial charge in [-0.15, -0.1) is 0 Å². The molecule has 0 spiro atoms. The summed E-state index contributed by atoms with van der Waals surface area (Å²) in [7, 11) is 0. The SMILES string of the molecule is C=Cn1c(C#N)ccc1-c1ccccc1. The molecule has 2 heteroatoms. The van der Waals surface area contributed by atoms with Gasteiger partial charge in [-0.1, -0.05) is 36.9 Å². The van der Waals surface area contributed by atoms with Gasteiger partial charge in [0.15, 0.2) is 0 Å². The molecule has 1 aromatic carbocycles. The molecule has 2 aromatic rings. The molecular weight excluding hydrogens is 184 g/mol. The average Bonchev–Trinajstić information content (AvgIpc) is 2.72. The van der Waals surface area contributed by atoms with Gasteiger partial charge in [-0.2, -0.15) is 5.26 Å². The number of nitriles is 1. The van der Waals surface area contributed by atoms with Gasteiger partial charge in [0.05, 0.1) is 5.69 Å². The van der Waals surface area contributed by atoms with E-state index in [1.807, 2.05) is 36.4 Å². The Bertz CT molecular complexity index is 515. The molecule has 0 amide bonds. The molecule has 0 aliphatic rings. The fourth-order valence-corrected chi connectivity index (χ4v) is 1.58. The van der Waals surface area contributed by atoms with E-state index >= 15 is 0 Å². The van der Waals surface area contributed by atoms with Crippen LogP contribution in [0.1, 0.15) is 5.69 Å². The van der Waals surface area contributed by atoms with Crippen molar-refractivity contribution in [3.63, 3.8) is 0 Å². The summed E-state index contributed by atoms with van der Waals surface area (Å²) in [5.41, 5.74) is 2.67. The first-order chi connectivity index (χ1) is 7.36. The number of hydrogen-bond donors (Lipinski definition) is 0. The minimum Gasteiger partial charge on any atom is -0.308 e. The molecule has 0 fully saturated rings. The zero-order chi connectivity index (χ0) is 10.7. The lowest BCUT2D eigenvalue weighted by molar-refractivity contribution is 1.14. The van der Waals surface area contributed by atoms with E-state index in [1.54, 1.807) is 16.8 Å². The Morgan fingerprint density at radius 1 is 1.13 bits per heavy atom. The average molecular weight is 194 g/mol. The van der Waals surface area contributed by atoms with E-state index in [9.17, 15) is 0 Å². The summed E-state index contributed by atoms with van der Waals surface area (Å²) in [5.74, 6) is 0. The van der Waals surface area contributed by atoms with Gasteiger partial charge < -0.3 is 4.57 Å². The Morgan fingerprint density at radius 3 is 2.47 bits per heavy atom. The fourth-order valence-electron chi connectivity index (χ4n) is 1.58. The lowest BCUT2D eigenvalue weighted by Crippen LogP contribution is -1.92. The molecule has 0 aliphatic heterocycles. The van der Waals surface area contributed by atoms with Crippen molar-refractivity contribution in [2.24, 2.45) is 0 Å². The van der Waals surface area contributed by atoms with Gasteiger partial charge in [0.2, 0.25) is 0 Å². The van der Waals surface area contributed by atoms with Crippen LogP contribution in [0.15, 0.2) is 49.0 Å². The smallest absolute Gasteiger partial charge is 0.124 e. The number of rotatable bonds is 2. The summed E-state index contributed by atoms with van der Waals surface area (Å²) in [6.07, 6.45) is 1.65. The monoisotopic (exact) mass is 194 g/mol. The van der Waals surface area contributed by atoms with Crippen molar-refractivity contribution in [2.45, 2.75) is 0 Å². The van der Waals surface area contributed by atoms with E-state index in [1.165, 1.54) is 0 Å². The van der Waals surface area contributed by atoms with Crippen LogP contribution in [0, 0.1) is 11.3 Å². The molecule has 2 rings (SSSR count). The zero-order valence-electron chi connectivity index (χ0n) is 8.22. The lowest BCUT2D eigenvalue weighted by Gasteiger charge is -2.04. The molecule has 72 valence electrons. The van der Waals surface area contributed by atoms with E-state index in [0.29, 0.717) is 5.69 Å². The first kappa shape index (κ1) is 9.29. The van der Waals surface area contributed by atoms with Crippen molar-refractivity contribution in [2.75, 3.05) is 0 Å². The molecule has 1 aromatic heterocycles. The highest BCUT2D eigenvalue weighted by Crippen LogP contribution is 2.22. The van der Waals surface area contributed by atoms with Crippen LogP contribution >= 0.6 is 0 Å². The van der Waals surface area contributed by atoms with Crippen molar-refractivity contribution in [3.8, 4) is 17.3 Å². The Kier molecular flexibility index (Phi) is 2.38. The second-order valence-electron chi connectivity index (χ2n) is 3.13. The van der Waals surface area contributed by atoms with Crippen LogP contribution in [-0.4, -0.2) is 4.57 Å². The normalized spacial score (nSPS) is 9.53. The van der Waals surface area contributed by atoms with Gasteiger partial charge in [-0.3, -0.25) is 0 Å². The third kappa shape index (κ3) is 1.55. The molecule has 15 heavy (non-hydrogen) atoms. The summed E-state index contributed by atoms with van der Waals surface area (Å²) in [5, 5.41) is 8.89. The van der Waals surface area contributed by atoms with Crippen LogP contribution in [0.3, 0.4) is 0 Å². The highest BCUT2D eigenvalue weighted by atomic mass is 15.0. The van der Waals surface area contributed by atoms with E-state index in [-0.39, 0.29) is 0 Å². The maximum absolute atomic E-state index is 8.89. The number of hydrogen-bond acceptors (Lipinski definition) is 1. The third-order valence-corrected chi connectivity index (χ3v) is 2.28. The van der Waals surface area contributed by atoms with Gasteiger partial charge in [-0.25, -0.2) is 0 Å². The van der Waals surface area contributed by atoms with Crippen LogP contribution in [0.25, 0.3) is 17.5 Å². The summed E-state index contributed by atoms with van der Waals surface area (Å²) >= 11 is 0. The number of nitrogens with zero attached hydrogens (tertiary/aromatic N) is 2. The summed E-state index contributed by atoms with van der Waals surface area (Å²) in [6.45, 7) is 3.71. The Labute approximate surface area is 88.7 Å². The van der Waals surface area contributed by atoms with Crippen LogP contribution < -0.4 is 0 Å². The Hall–Kier alpha value is -2.27. The summed E-state index contributed by atoms with van der Waals surface area (Å²) < 4.78 is 1.79. The van der Waals surface area contributed by atoms with E-state index in [2.05, 4.69) is 12.6 Å². The molecule has 1 heterocycles. The predicted molar refractivity (Wildman–Crippen MR) is 61.0 cm³/mol. The van der Waals surface area contributed by atoms with Crippen LogP contribution in [0.4, 0.5) is 0 Å². The first-order valence-electron chi connectivity index (χ1n) is 4.66. The molecule has 0 atom stereocenters. The number of benzene rings is 1. The molecule has 0 saturated heterocycles. The van der Waals surface area contributed by atoms with Crippen molar-refractivity contribution in [1.29, 1.82) is 5.26 Å². The maximum Gasteiger partial charge on any atom is 0.124 e. The molecule has 0 saturated carbocycles. The molecule has 0 N–H and O–H groups in total. The topological polar surface area (TPSA) is 28.7 Å².